The van der Waals surface area contributed by atoms with Crippen LogP contribution in [0.2, 0.25) is 0 Å². The van der Waals surface area contributed by atoms with E-state index in [9.17, 15) is 0 Å². The minimum Gasteiger partial charge on any atom is -0.307 e. The molecule has 2 atom stereocenters. The van der Waals surface area contributed by atoms with Crippen LogP contribution in [0, 0.1) is 0 Å². The lowest BCUT2D eigenvalue weighted by molar-refractivity contribution is 0.400. The van der Waals surface area contributed by atoms with E-state index in [0.717, 1.165) is 0 Å². The molecule has 2 unspecified atom stereocenters. The maximum absolute atomic E-state index is 4.39. The zero-order chi connectivity index (χ0) is 12.3. The molecule has 0 aromatic carbocycles. The van der Waals surface area contributed by atoms with E-state index >= 15 is 0 Å². The number of nitrogens with zero attached hydrogens (tertiary/aromatic N) is 2. The largest absolute Gasteiger partial charge is 0.307 e. The molecule has 3 nitrogen and oxygen atoms in total. The van der Waals surface area contributed by atoms with Gasteiger partial charge in [-0.15, -0.1) is 0 Å². The van der Waals surface area contributed by atoms with Gasteiger partial charge in [0.15, 0.2) is 0 Å². The fourth-order valence-corrected chi connectivity index (χ4v) is 3.19. The van der Waals surface area contributed by atoms with Crippen LogP contribution in [0.25, 0.3) is 0 Å². The van der Waals surface area contributed by atoms with Gasteiger partial charge < -0.3 is 5.32 Å². The molecule has 1 aromatic heterocycles. The Labute approximate surface area is 108 Å². The summed E-state index contributed by atoms with van der Waals surface area (Å²) in [6, 6.07) is 1.11. The summed E-state index contributed by atoms with van der Waals surface area (Å²) in [5.74, 6) is 1.24. The molecule has 0 radical (unpaired) electrons. The van der Waals surface area contributed by atoms with Crippen LogP contribution < -0.4 is 5.32 Å². The molecule has 0 saturated heterocycles. The number of thioether (sulfide) groups is 1. The van der Waals surface area contributed by atoms with Gasteiger partial charge in [-0.2, -0.15) is 16.9 Å². The van der Waals surface area contributed by atoms with Gasteiger partial charge in [-0.25, -0.2) is 0 Å². The SMILES string of the molecule is CSCCC(C)NC1CCCc2c1cnn2C. The van der Waals surface area contributed by atoms with Gasteiger partial charge in [-0.3, -0.25) is 4.68 Å². The normalized spacial score (nSPS) is 21.2. The molecular weight excluding hydrogens is 230 g/mol. The summed E-state index contributed by atoms with van der Waals surface area (Å²) in [6.45, 7) is 2.29. The predicted molar refractivity (Wildman–Crippen MR) is 74.5 cm³/mol. The molecule has 2 rings (SSSR count). The van der Waals surface area contributed by atoms with Gasteiger partial charge in [0.25, 0.3) is 0 Å². The van der Waals surface area contributed by atoms with Crippen LogP contribution in [0.3, 0.4) is 0 Å². The quantitative estimate of drug-likeness (QED) is 0.874. The second kappa shape index (κ2) is 5.91. The van der Waals surface area contributed by atoms with Crippen LogP contribution in [0.5, 0.6) is 0 Å². The Balaban J connectivity index is 1.98. The maximum Gasteiger partial charge on any atom is 0.0540 e. The van der Waals surface area contributed by atoms with Crippen molar-refractivity contribution in [1.29, 1.82) is 0 Å². The van der Waals surface area contributed by atoms with Crippen molar-refractivity contribution in [1.82, 2.24) is 15.1 Å². The van der Waals surface area contributed by atoms with Crippen LogP contribution in [0.4, 0.5) is 0 Å². The van der Waals surface area contributed by atoms with E-state index in [4.69, 9.17) is 0 Å². The molecule has 0 fully saturated rings. The van der Waals surface area contributed by atoms with Crippen molar-refractivity contribution in [2.45, 2.75) is 44.7 Å². The molecule has 0 amide bonds. The summed E-state index contributed by atoms with van der Waals surface area (Å²) in [4.78, 5) is 0. The highest BCUT2D eigenvalue weighted by atomic mass is 32.2. The number of fused-ring (bicyclic) bond motifs is 1. The van der Waals surface area contributed by atoms with Gasteiger partial charge >= 0.3 is 0 Å². The number of nitrogens with one attached hydrogen (secondary N) is 1. The molecule has 0 aliphatic heterocycles. The highest BCUT2D eigenvalue weighted by Crippen LogP contribution is 2.29. The number of aromatic nitrogens is 2. The molecule has 0 spiro atoms. The Morgan fingerprint density at radius 3 is 3.24 bits per heavy atom. The van der Waals surface area contributed by atoms with Crippen molar-refractivity contribution in [3.8, 4) is 0 Å². The van der Waals surface area contributed by atoms with Crippen LogP contribution in [-0.2, 0) is 13.5 Å². The lowest BCUT2D eigenvalue weighted by Gasteiger charge is -2.27. The summed E-state index contributed by atoms with van der Waals surface area (Å²) < 4.78 is 2.04. The van der Waals surface area contributed by atoms with Crippen molar-refractivity contribution in [2.75, 3.05) is 12.0 Å². The fraction of sp³-hybridized carbons (Fsp3) is 0.769. The summed E-state index contributed by atoms with van der Waals surface area (Å²) >= 11 is 1.93. The highest BCUT2D eigenvalue weighted by Gasteiger charge is 2.24. The van der Waals surface area contributed by atoms with Crippen molar-refractivity contribution in [3.63, 3.8) is 0 Å². The molecular formula is C13H23N3S. The van der Waals surface area contributed by atoms with Crippen molar-refractivity contribution in [2.24, 2.45) is 7.05 Å². The number of hydrogen-bond donors (Lipinski definition) is 1. The van der Waals surface area contributed by atoms with Gasteiger partial charge in [0.05, 0.1) is 6.20 Å². The molecule has 0 saturated carbocycles. The summed E-state index contributed by atoms with van der Waals surface area (Å²) in [5, 5.41) is 8.15. The summed E-state index contributed by atoms with van der Waals surface area (Å²) in [5.41, 5.74) is 2.85. The van der Waals surface area contributed by atoms with Crippen LogP contribution in [-0.4, -0.2) is 27.8 Å². The molecule has 1 heterocycles. The minimum atomic E-state index is 0.518. The first-order valence-electron chi connectivity index (χ1n) is 6.48. The molecule has 0 bridgehead atoms. The van der Waals surface area contributed by atoms with E-state index < -0.39 is 0 Å². The van der Waals surface area contributed by atoms with Crippen LogP contribution in [0.15, 0.2) is 6.20 Å². The van der Waals surface area contributed by atoms with Gasteiger partial charge in [-0.05, 0) is 44.6 Å². The standard InChI is InChI=1S/C13H23N3S/c1-10(7-8-17-3)15-12-5-4-6-13-11(12)9-14-16(13)2/h9-10,12,15H,4-8H2,1-3H3. The maximum atomic E-state index is 4.39. The Kier molecular flexibility index (Phi) is 4.51. The second-order valence-electron chi connectivity index (χ2n) is 4.96. The Morgan fingerprint density at radius 1 is 1.65 bits per heavy atom. The Bertz CT molecular complexity index is 362. The third kappa shape index (κ3) is 3.05. The van der Waals surface area contributed by atoms with Gasteiger partial charge in [0.1, 0.15) is 0 Å². The fourth-order valence-electron chi connectivity index (χ4n) is 2.60. The van der Waals surface area contributed by atoms with E-state index in [0.29, 0.717) is 12.1 Å². The first-order valence-corrected chi connectivity index (χ1v) is 7.87. The topological polar surface area (TPSA) is 29.9 Å². The zero-order valence-corrected chi connectivity index (χ0v) is 11.9. The monoisotopic (exact) mass is 253 g/mol. The number of aryl methyl sites for hydroxylation is 1. The van der Waals surface area contributed by atoms with Crippen molar-refractivity contribution < 1.29 is 0 Å². The van der Waals surface area contributed by atoms with E-state index in [1.165, 1.54) is 42.7 Å². The van der Waals surface area contributed by atoms with Crippen molar-refractivity contribution >= 4 is 11.8 Å². The average Bonchev–Trinajstić information content (AvgIpc) is 2.70. The smallest absolute Gasteiger partial charge is 0.0540 e. The minimum absolute atomic E-state index is 0.518. The molecule has 1 N–H and O–H groups in total. The average molecular weight is 253 g/mol. The van der Waals surface area contributed by atoms with Crippen LogP contribution >= 0.6 is 11.8 Å². The van der Waals surface area contributed by atoms with Gasteiger partial charge in [0, 0.05) is 30.4 Å². The highest BCUT2D eigenvalue weighted by molar-refractivity contribution is 7.98. The van der Waals surface area contributed by atoms with Crippen molar-refractivity contribution in [3.05, 3.63) is 17.5 Å². The lowest BCUT2D eigenvalue weighted by Crippen LogP contribution is -2.33. The van der Waals surface area contributed by atoms with E-state index in [-0.39, 0.29) is 0 Å². The molecule has 1 aliphatic rings. The summed E-state index contributed by atoms with van der Waals surface area (Å²) in [6.07, 6.45) is 9.18. The van der Waals surface area contributed by atoms with Crippen LogP contribution in [0.1, 0.15) is 43.5 Å². The lowest BCUT2D eigenvalue weighted by atomic mass is 9.92. The molecule has 1 aromatic rings. The first kappa shape index (κ1) is 13.0. The molecule has 17 heavy (non-hydrogen) atoms. The first-order chi connectivity index (χ1) is 8.22. The molecule has 96 valence electrons. The van der Waals surface area contributed by atoms with E-state index in [1.807, 2.05) is 22.6 Å². The van der Waals surface area contributed by atoms with Gasteiger partial charge in [-0.1, -0.05) is 0 Å². The predicted octanol–water partition coefficient (Wildman–Crippen LogP) is 2.53. The number of hydrogen-bond acceptors (Lipinski definition) is 3. The second-order valence-corrected chi connectivity index (χ2v) is 5.95. The number of rotatable bonds is 5. The van der Waals surface area contributed by atoms with E-state index in [1.54, 1.807) is 0 Å². The Morgan fingerprint density at radius 2 is 2.47 bits per heavy atom. The molecule has 4 heteroatoms. The third-order valence-electron chi connectivity index (χ3n) is 3.62. The Hall–Kier alpha value is -0.480. The summed E-state index contributed by atoms with van der Waals surface area (Å²) in [7, 11) is 2.05. The zero-order valence-electron chi connectivity index (χ0n) is 11.1. The van der Waals surface area contributed by atoms with E-state index in [2.05, 4.69) is 30.6 Å². The molecule has 1 aliphatic carbocycles. The third-order valence-corrected chi connectivity index (χ3v) is 4.26. The van der Waals surface area contributed by atoms with Gasteiger partial charge in [0.2, 0.25) is 0 Å².